The summed E-state index contributed by atoms with van der Waals surface area (Å²) < 4.78 is 42.3. The molecule has 0 aromatic heterocycles. The molecule has 0 saturated carbocycles. The van der Waals surface area contributed by atoms with Crippen LogP contribution in [0.5, 0.6) is 5.75 Å². The third-order valence-corrected chi connectivity index (χ3v) is 6.77. The summed E-state index contributed by atoms with van der Waals surface area (Å²) in [6, 6.07) is 6.00. The van der Waals surface area contributed by atoms with Gasteiger partial charge in [-0.25, -0.2) is 12.8 Å². The molecule has 0 spiro atoms. The Morgan fingerprint density at radius 2 is 2.15 bits per heavy atom. The zero-order chi connectivity index (χ0) is 18.7. The van der Waals surface area contributed by atoms with E-state index in [1.165, 1.54) is 12.1 Å². The minimum absolute atomic E-state index is 0. The highest BCUT2D eigenvalue weighted by Crippen LogP contribution is 2.23. The highest BCUT2D eigenvalue weighted by atomic mass is 127. The molecule has 1 N–H and O–H groups in total. The first-order chi connectivity index (χ1) is 11.6. The van der Waals surface area contributed by atoms with Crippen molar-refractivity contribution in [2.45, 2.75) is 31.6 Å². The zero-order valence-corrected chi connectivity index (χ0v) is 18.7. The number of hydrogen-bond donors (Lipinski definition) is 1. The van der Waals surface area contributed by atoms with Gasteiger partial charge in [-0.15, -0.1) is 24.0 Å². The van der Waals surface area contributed by atoms with Gasteiger partial charge < -0.3 is 15.0 Å². The molecule has 9 heteroatoms. The quantitative estimate of drug-likeness (QED) is 0.391. The number of nitrogens with zero attached hydrogens (tertiary/aromatic N) is 2. The van der Waals surface area contributed by atoms with Crippen molar-refractivity contribution in [1.82, 2.24) is 10.2 Å². The van der Waals surface area contributed by atoms with Crippen molar-refractivity contribution in [3.8, 4) is 5.75 Å². The second-order valence-corrected chi connectivity index (χ2v) is 9.56. The maximum atomic E-state index is 13.2. The maximum absolute atomic E-state index is 13.2. The van der Waals surface area contributed by atoms with Gasteiger partial charge in [0.2, 0.25) is 0 Å². The van der Waals surface area contributed by atoms with Crippen molar-refractivity contribution in [1.29, 1.82) is 0 Å². The standard InChI is InChI=1S/C17H26FN3O3S.HI/c1-13(24-15-7-5-6-14(18)10-15)11-20-16(19-4)21-8-9-25(22,23)17(2,3)12-21;/h5-7,10,13H,8-9,11-12H2,1-4H3,(H,19,20);1H. The van der Waals surface area contributed by atoms with E-state index in [0.29, 0.717) is 31.3 Å². The average Bonchev–Trinajstić information content (AvgIpc) is 2.51. The van der Waals surface area contributed by atoms with Crippen LogP contribution in [0.25, 0.3) is 0 Å². The maximum Gasteiger partial charge on any atom is 0.193 e. The molecule has 1 aliphatic rings. The van der Waals surface area contributed by atoms with Crippen molar-refractivity contribution >= 4 is 39.8 Å². The molecule has 1 fully saturated rings. The Labute approximate surface area is 172 Å². The molecule has 0 aliphatic carbocycles. The van der Waals surface area contributed by atoms with Crippen LogP contribution in [0, 0.1) is 5.82 Å². The summed E-state index contributed by atoms with van der Waals surface area (Å²) in [5, 5.41) is 3.20. The third-order valence-electron chi connectivity index (χ3n) is 4.24. The molecule has 1 atom stereocenters. The molecule has 1 unspecified atom stereocenters. The van der Waals surface area contributed by atoms with Gasteiger partial charge in [-0.05, 0) is 32.9 Å². The second-order valence-electron chi connectivity index (χ2n) is 6.81. The van der Waals surface area contributed by atoms with Crippen LogP contribution >= 0.6 is 24.0 Å². The zero-order valence-electron chi connectivity index (χ0n) is 15.5. The molecule has 26 heavy (non-hydrogen) atoms. The monoisotopic (exact) mass is 499 g/mol. The first kappa shape index (κ1) is 22.9. The van der Waals surface area contributed by atoms with Gasteiger partial charge in [-0.3, -0.25) is 4.99 Å². The number of rotatable bonds is 4. The van der Waals surface area contributed by atoms with Gasteiger partial charge in [-0.1, -0.05) is 6.07 Å². The summed E-state index contributed by atoms with van der Waals surface area (Å²) in [6.45, 7) is 6.59. The second kappa shape index (κ2) is 9.20. The first-order valence-electron chi connectivity index (χ1n) is 8.25. The van der Waals surface area contributed by atoms with Crippen molar-refractivity contribution in [3.63, 3.8) is 0 Å². The highest BCUT2D eigenvalue weighted by Gasteiger charge is 2.40. The van der Waals surface area contributed by atoms with Gasteiger partial charge in [0.25, 0.3) is 0 Å². The van der Waals surface area contributed by atoms with Gasteiger partial charge in [-0.2, -0.15) is 0 Å². The fourth-order valence-corrected chi connectivity index (χ4v) is 4.07. The third kappa shape index (κ3) is 5.70. The Hall–Kier alpha value is -1.10. The van der Waals surface area contributed by atoms with E-state index in [1.54, 1.807) is 33.0 Å². The number of guanidine groups is 1. The molecule has 0 amide bonds. The lowest BCUT2D eigenvalue weighted by Gasteiger charge is -2.39. The summed E-state index contributed by atoms with van der Waals surface area (Å²) in [5.74, 6) is 0.869. The molecular formula is C17H27FIN3O3S. The molecule has 0 radical (unpaired) electrons. The van der Waals surface area contributed by atoms with Crippen LogP contribution in [0.15, 0.2) is 29.3 Å². The van der Waals surface area contributed by atoms with Gasteiger partial charge in [0.1, 0.15) is 17.7 Å². The van der Waals surface area contributed by atoms with E-state index < -0.39 is 14.6 Å². The van der Waals surface area contributed by atoms with Gasteiger partial charge in [0.15, 0.2) is 15.8 Å². The van der Waals surface area contributed by atoms with Crippen LogP contribution in [0.4, 0.5) is 4.39 Å². The molecular weight excluding hydrogens is 472 g/mol. The van der Waals surface area contributed by atoms with E-state index in [1.807, 2.05) is 11.8 Å². The van der Waals surface area contributed by atoms with Crippen LogP contribution in [0.2, 0.25) is 0 Å². The van der Waals surface area contributed by atoms with E-state index >= 15 is 0 Å². The van der Waals surface area contributed by atoms with Crippen LogP contribution < -0.4 is 10.1 Å². The number of halogens is 2. The van der Waals surface area contributed by atoms with E-state index in [2.05, 4.69) is 10.3 Å². The number of sulfone groups is 1. The Bertz CT molecular complexity index is 741. The van der Waals surface area contributed by atoms with Crippen molar-refractivity contribution in [3.05, 3.63) is 30.1 Å². The number of benzene rings is 1. The SMILES string of the molecule is CN=C(NCC(C)Oc1cccc(F)c1)N1CCS(=O)(=O)C(C)(C)C1.I. The Morgan fingerprint density at radius 1 is 1.46 bits per heavy atom. The number of ether oxygens (including phenoxy) is 1. The van der Waals surface area contributed by atoms with E-state index in [4.69, 9.17) is 4.74 Å². The van der Waals surface area contributed by atoms with Crippen LogP contribution in [0.3, 0.4) is 0 Å². The van der Waals surface area contributed by atoms with Gasteiger partial charge in [0, 0.05) is 26.2 Å². The Morgan fingerprint density at radius 3 is 2.73 bits per heavy atom. The topological polar surface area (TPSA) is 71.0 Å². The number of nitrogens with one attached hydrogen (secondary N) is 1. The summed E-state index contributed by atoms with van der Waals surface area (Å²) in [7, 11) is -1.43. The first-order valence-corrected chi connectivity index (χ1v) is 9.90. The summed E-state index contributed by atoms with van der Waals surface area (Å²) in [4.78, 5) is 6.18. The number of hydrogen-bond acceptors (Lipinski definition) is 4. The average molecular weight is 499 g/mol. The molecule has 2 rings (SSSR count). The fraction of sp³-hybridized carbons (Fsp3) is 0.588. The van der Waals surface area contributed by atoms with Gasteiger partial charge >= 0.3 is 0 Å². The van der Waals surface area contributed by atoms with Crippen molar-refractivity contribution < 1.29 is 17.5 Å². The predicted octanol–water partition coefficient (Wildman–Crippen LogP) is 2.30. The number of aliphatic imine (C=N–C) groups is 1. The van der Waals surface area contributed by atoms with E-state index in [0.717, 1.165) is 0 Å². The summed E-state index contributed by atoms with van der Waals surface area (Å²) in [5.41, 5.74) is 0. The van der Waals surface area contributed by atoms with Crippen molar-refractivity contribution in [2.24, 2.45) is 4.99 Å². The largest absolute Gasteiger partial charge is 0.489 e. The van der Waals surface area contributed by atoms with Crippen LogP contribution in [-0.4, -0.2) is 62.6 Å². The van der Waals surface area contributed by atoms with Gasteiger partial charge in [0.05, 0.1) is 17.0 Å². The summed E-state index contributed by atoms with van der Waals surface area (Å²) in [6.07, 6.45) is -0.208. The van der Waals surface area contributed by atoms with Crippen LogP contribution in [0.1, 0.15) is 20.8 Å². The smallest absolute Gasteiger partial charge is 0.193 e. The lowest BCUT2D eigenvalue weighted by Crippen LogP contribution is -2.57. The Balaban J connectivity index is 0.00000338. The minimum atomic E-state index is -3.10. The normalized spacial score (nSPS) is 20.0. The molecule has 6 nitrogen and oxygen atoms in total. The van der Waals surface area contributed by atoms with E-state index in [-0.39, 0.29) is 41.7 Å². The van der Waals surface area contributed by atoms with E-state index in [9.17, 15) is 12.8 Å². The molecule has 1 heterocycles. The minimum Gasteiger partial charge on any atom is -0.489 e. The van der Waals surface area contributed by atoms with Crippen LogP contribution in [-0.2, 0) is 9.84 Å². The lowest BCUT2D eigenvalue weighted by molar-refractivity contribution is 0.220. The fourth-order valence-electron chi connectivity index (χ4n) is 2.71. The summed E-state index contributed by atoms with van der Waals surface area (Å²) >= 11 is 0. The molecule has 0 bridgehead atoms. The molecule has 1 aromatic rings. The molecule has 148 valence electrons. The lowest BCUT2D eigenvalue weighted by atomic mass is 10.2. The Kier molecular flexibility index (Phi) is 8.12. The van der Waals surface area contributed by atoms with Crippen molar-refractivity contribution in [2.75, 3.05) is 32.4 Å². The highest BCUT2D eigenvalue weighted by molar-refractivity contribution is 14.0. The molecule has 1 saturated heterocycles. The predicted molar refractivity (Wildman–Crippen MR) is 113 cm³/mol. The molecule has 1 aliphatic heterocycles. The molecule has 1 aromatic carbocycles.